The highest BCUT2D eigenvalue weighted by Gasteiger charge is 2.16. The van der Waals surface area contributed by atoms with Gasteiger partial charge in [-0.05, 0) is 60.7 Å². The molecule has 0 aliphatic carbocycles. The van der Waals surface area contributed by atoms with Crippen LogP contribution in [0.1, 0.15) is 10.4 Å². The molecule has 7 nitrogen and oxygen atoms in total. The largest absolute Gasteiger partial charge is 0.497 e. The smallest absolute Gasteiger partial charge is 0.349 e. The van der Waals surface area contributed by atoms with Gasteiger partial charge in [0, 0.05) is 16.3 Å². The summed E-state index contributed by atoms with van der Waals surface area (Å²) >= 11 is 1.26. The molecule has 0 aliphatic rings. The number of hydrogen-bond acceptors (Lipinski definition) is 7. The maximum absolute atomic E-state index is 12.7. The van der Waals surface area contributed by atoms with Crippen LogP contribution in [0.4, 0.5) is 5.13 Å². The van der Waals surface area contributed by atoms with Crippen molar-refractivity contribution < 1.29 is 18.7 Å². The maximum atomic E-state index is 12.7. The number of amides is 1. The van der Waals surface area contributed by atoms with E-state index in [1.807, 2.05) is 60.0 Å². The fourth-order valence-electron chi connectivity index (χ4n) is 3.33. The van der Waals surface area contributed by atoms with Crippen LogP contribution in [-0.2, 0) is 0 Å². The number of fused-ring (bicyclic) bond motifs is 1. The minimum Gasteiger partial charge on any atom is -0.497 e. The number of anilines is 1. The minimum absolute atomic E-state index is 0.111. The predicted molar refractivity (Wildman–Crippen MR) is 131 cm³/mol. The third-order valence-corrected chi connectivity index (χ3v) is 5.80. The number of aromatic nitrogens is 1. The highest BCUT2D eigenvalue weighted by atomic mass is 32.1. The van der Waals surface area contributed by atoms with Crippen molar-refractivity contribution in [3.63, 3.8) is 0 Å². The molecule has 0 spiro atoms. The summed E-state index contributed by atoms with van der Waals surface area (Å²) in [5.74, 6) is 1.47. The molecule has 0 atom stereocenters. The lowest BCUT2D eigenvalue weighted by atomic mass is 10.1. The Bertz CT molecular complexity index is 1520. The highest BCUT2D eigenvalue weighted by Crippen LogP contribution is 2.28. The zero-order valence-corrected chi connectivity index (χ0v) is 18.8. The summed E-state index contributed by atoms with van der Waals surface area (Å²) in [7, 11) is 1.54. The van der Waals surface area contributed by atoms with E-state index in [-0.39, 0.29) is 5.56 Å². The van der Waals surface area contributed by atoms with Crippen LogP contribution >= 0.6 is 11.3 Å². The fourth-order valence-corrected chi connectivity index (χ4v) is 4.05. The van der Waals surface area contributed by atoms with Crippen LogP contribution in [0.15, 0.2) is 93.5 Å². The summed E-state index contributed by atoms with van der Waals surface area (Å²) < 4.78 is 16.3. The number of ether oxygens (including phenoxy) is 2. The Labute approximate surface area is 198 Å². The first-order valence-corrected chi connectivity index (χ1v) is 11.2. The molecule has 0 saturated heterocycles. The normalized spacial score (nSPS) is 10.7. The van der Waals surface area contributed by atoms with Gasteiger partial charge in [0.05, 0.1) is 12.8 Å². The molecular formula is C26H18N2O5S. The Morgan fingerprint density at radius 3 is 2.44 bits per heavy atom. The van der Waals surface area contributed by atoms with Crippen LogP contribution in [0.2, 0.25) is 0 Å². The van der Waals surface area contributed by atoms with Crippen LogP contribution in [0.3, 0.4) is 0 Å². The Hall–Kier alpha value is -4.43. The molecule has 2 heterocycles. The molecule has 5 aromatic rings. The van der Waals surface area contributed by atoms with E-state index < -0.39 is 11.5 Å². The molecule has 0 unspecified atom stereocenters. The summed E-state index contributed by atoms with van der Waals surface area (Å²) in [4.78, 5) is 29.5. The van der Waals surface area contributed by atoms with Gasteiger partial charge in [0.25, 0.3) is 5.91 Å². The minimum atomic E-state index is -0.721. The lowest BCUT2D eigenvalue weighted by molar-refractivity contribution is 0.102. The van der Waals surface area contributed by atoms with Crippen LogP contribution in [-0.4, -0.2) is 18.0 Å². The van der Waals surface area contributed by atoms with Crippen LogP contribution in [0.25, 0.3) is 22.2 Å². The van der Waals surface area contributed by atoms with Crippen molar-refractivity contribution in [3.05, 3.63) is 100 Å². The van der Waals surface area contributed by atoms with Gasteiger partial charge in [-0.15, -0.1) is 11.3 Å². The van der Waals surface area contributed by atoms with Crippen LogP contribution < -0.4 is 20.4 Å². The quantitative estimate of drug-likeness (QED) is 0.308. The van der Waals surface area contributed by atoms with Crippen molar-refractivity contribution in [2.75, 3.05) is 12.4 Å². The zero-order valence-electron chi connectivity index (χ0n) is 18.0. The number of thiazole rings is 1. The second-order valence-electron chi connectivity index (χ2n) is 7.28. The van der Waals surface area contributed by atoms with E-state index >= 15 is 0 Å². The van der Waals surface area contributed by atoms with Gasteiger partial charge in [0.15, 0.2) is 5.13 Å². The van der Waals surface area contributed by atoms with E-state index in [4.69, 9.17) is 13.9 Å². The van der Waals surface area contributed by atoms with Crippen molar-refractivity contribution in [1.82, 2.24) is 4.98 Å². The van der Waals surface area contributed by atoms with E-state index in [1.165, 1.54) is 24.5 Å². The number of rotatable bonds is 6. The molecule has 5 rings (SSSR count). The van der Waals surface area contributed by atoms with Crippen molar-refractivity contribution in [2.24, 2.45) is 0 Å². The van der Waals surface area contributed by atoms with E-state index in [9.17, 15) is 9.59 Å². The van der Waals surface area contributed by atoms with Gasteiger partial charge >= 0.3 is 5.63 Å². The molecule has 8 heteroatoms. The van der Waals surface area contributed by atoms with E-state index in [0.717, 1.165) is 11.3 Å². The number of para-hydroxylation sites is 1. The van der Waals surface area contributed by atoms with Crippen LogP contribution in [0.5, 0.6) is 17.2 Å². The third-order valence-electron chi connectivity index (χ3n) is 5.04. The molecule has 0 aliphatic heterocycles. The molecule has 1 amide bonds. The van der Waals surface area contributed by atoms with Crippen molar-refractivity contribution >= 4 is 33.3 Å². The van der Waals surface area contributed by atoms with Crippen molar-refractivity contribution in [2.45, 2.75) is 0 Å². The Balaban J connectivity index is 1.32. The second-order valence-corrected chi connectivity index (χ2v) is 8.14. The summed E-state index contributed by atoms with van der Waals surface area (Å²) in [6.45, 7) is 0. The number of hydrogen-bond donors (Lipinski definition) is 1. The van der Waals surface area contributed by atoms with Gasteiger partial charge in [-0.3, -0.25) is 10.1 Å². The number of nitrogens with one attached hydrogen (secondary N) is 1. The van der Waals surface area contributed by atoms with E-state index in [2.05, 4.69) is 10.3 Å². The Morgan fingerprint density at radius 1 is 0.941 bits per heavy atom. The first-order chi connectivity index (χ1) is 16.6. The molecule has 0 fully saturated rings. The van der Waals surface area contributed by atoms with Gasteiger partial charge in [-0.25, -0.2) is 9.78 Å². The van der Waals surface area contributed by atoms with E-state index in [0.29, 0.717) is 33.3 Å². The molecule has 34 heavy (non-hydrogen) atoms. The standard InChI is InChI=1S/C26H18N2O5S/c1-31-20-11-12-23-17(13-20)14-21(25(30)33-23)24(29)28-26-27-22(15-34-26)16-7-9-19(10-8-16)32-18-5-3-2-4-6-18/h2-15H,1H3,(H,27,28,29). The first kappa shape index (κ1) is 21.4. The fraction of sp³-hybridized carbons (Fsp3) is 0.0385. The summed E-state index contributed by atoms with van der Waals surface area (Å²) in [6.07, 6.45) is 0. The summed E-state index contributed by atoms with van der Waals surface area (Å²) in [5, 5.41) is 5.46. The SMILES string of the molecule is COc1ccc2oc(=O)c(C(=O)Nc3nc(-c4ccc(Oc5ccccc5)cc4)cs3)cc2c1. The van der Waals surface area contributed by atoms with Gasteiger partial charge in [-0.1, -0.05) is 18.2 Å². The Kier molecular flexibility index (Phi) is 5.80. The lowest BCUT2D eigenvalue weighted by Crippen LogP contribution is -2.20. The number of carbonyl (C=O) groups is 1. The Morgan fingerprint density at radius 2 is 1.68 bits per heavy atom. The van der Waals surface area contributed by atoms with Crippen molar-refractivity contribution in [1.29, 1.82) is 0 Å². The number of benzene rings is 3. The van der Waals surface area contributed by atoms with Gasteiger partial charge < -0.3 is 13.9 Å². The van der Waals surface area contributed by atoms with Gasteiger partial charge in [-0.2, -0.15) is 0 Å². The van der Waals surface area contributed by atoms with Gasteiger partial charge in [0.1, 0.15) is 28.4 Å². The molecule has 3 aromatic carbocycles. The molecule has 2 aromatic heterocycles. The topological polar surface area (TPSA) is 90.7 Å². The third kappa shape index (κ3) is 4.53. The maximum Gasteiger partial charge on any atom is 0.349 e. The van der Waals surface area contributed by atoms with Crippen LogP contribution in [0, 0.1) is 0 Å². The van der Waals surface area contributed by atoms with E-state index in [1.54, 1.807) is 18.2 Å². The number of methoxy groups -OCH3 is 1. The monoisotopic (exact) mass is 470 g/mol. The lowest BCUT2D eigenvalue weighted by Gasteiger charge is -2.06. The zero-order chi connectivity index (χ0) is 23.5. The molecule has 0 bridgehead atoms. The average molecular weight is 471 g/mol. The van der Waals surface area contributed by atoms with Crippen molar-refractivity contribution in [3.8, 4) is 28.5 Å². The first-order valence-electron chi connectivity index (χ1n) is 10.3. The number of carbonyl (C=O) groups excluding carboxylic acids is 1. The average Bonchev–Trinajstić information content (AvgIpc) is 3.32. The number of nitrogens with zero attached hydrogens (tertiary/aromatic N) is 1. The van der Waals surface area contributed by atoms with Gasteiger partial charge in [0.2, 0.25) is 0 Å². The molecule has 0 radical (unpaired) electrons. The molecular weight excluding hydrogens is 452 g/mol. The predicted octanol–water partition coefficient (Wildman–Crippen LogP) is 5.97. The summed E-state index contributed by atoms with van der Waals surface area (Å²) in [6, 6.07) is 23.5. The highest BCUT2D eigenvalue weighted by molar-refractivity contribution is 7.14. The molecule has 168 valence electrons. The second kappa shape index (κ2) is 9.21. The molecule has 1 N–H and O–H groups in total. The summed E-state index contributed by atoms with van der Waals surface area (Å²) in [5.41, 5.74) is 1.11. The molecule has 0 saturated carbocycles.